The third-order valence-corrected chi connectivity index (χ3v) is 4.13. The maximum Gasteiger partial charge on any atom is 0.343 e. The van der Waals surface area contributed by atoms with Crippen LogP contribution < -0.4 is 24.6 Å². The summed E-state index contributed by atoms with van der Waals surface area (Å²) in [7, 11) is 4.53. The topological polar surface area (TPSA) is 84.2 Å². The molecule has 1 aliphatic heterocycles. The first-order valence-electron chi connectivity index (χ1n) is 7.63. The van der Waals surface area contributed by atoms with Crippen molar-refractivity contribution >= 4 is 5.97 Å². The van der Waals surface area contributed by atoms with Crippen molar-refractivity contribution in [3.8, 4) is 23.0 Å². The highest BCUT2D eigenvalue weighted by molar-refractivity contribution is 5.78. The minimum atomic E-state index is -0.567. The Kier molecular flexibility index (Phi) is 4.39. The summed E-state index contributed by atoms with van der Waals surface area (Å²) in [4.78, 5) is 24.5. The van der Waals surface area contributed by atoms with Crippen LogP contribution in [0.15, 0.2) is 27.4 Å². The molecular weight excluding hydrogens is 328 g/mol. The quantitative estimate of drug-likeness (QED) is 0.786. The molecule has 2 aromatic rings. The SMILES string of the molecule is COc1cc(OC)c(C2CC(=O)Oc3cc(C)oc(=O)c32)cc1OC. The molecule has 0 N–H and O–H groups in total. The molecule has 7 heteroatoms. The molecule has 0 spiro atoms. The number of esters is 1. The summed E-state index contributed by atoms with van der Waals surface area (Å²) in [6.45, 7) is 1.62. The van der Waals surface area contributed by atoms with Crippen molar-refractivity contribution in [2.45, 2.75) is 19.3 Å². The lowest BCUT2D eigenvalue weighted by molar-refractivity contribution is -0.135. The number of benzene rings is 1. The zero-order valence-electron chi connectivity index (χ0n) is 14.4. The fourth-order valence-corrected chi connectivity index (χ4v) is 3.02. The van der Waals surface area contributed by atoms with Gasteiger partial charge in [-0.05, 0) is 13.0 Å². The number of fused-ring (bicyclic) bond motifs is 1. The maximum atomic E-state index is 12.4. The number of rotatable bonds is 4. The predicted molar refractivity (Wildman–Crippen MR) is 87.9 cm³/mol. The van der Waals surface area contributed by atoms with Gasteiger partial charge in [-0.25, -0.2) is 4.79 Å². The summed E-state index contributed by atoms with van der Waals surface area (Å²) in [6.07, 6.45) is -0.00728. The molecule has 1 unspecified atom stereocenters. The molecule has 25 heavy (non-hydrogen) atoms. The van der Waals surface area contributed by atoms with E-state index in [4.69, 9.17) is 23.4 Å². The van der Waals surface area contributed by atoms with E-state index in [-0.39, 0.29) is 17.7 Å². The van der Waals surface area contributed by atoms with E-state index in [1.54, 1.807) is 19.1 Å². The van der Waals surface area contributed by atoms with E-state index in [0.717, 1.165) is 0 Å². The van der Waals surface area contributed by atoms with Gasteiger partial charge in [-0.15, -0.1) is 0 Å². The number of hydrogen-bond acceptors (Lipinski definition) is 7. The Labute approximate surface area is 144 Å². The molecule has 0 radical (unpaired) electrons. The minimum absolute atomic E-state index is 0.00728. The maximum absolute atomic E-state index is 12.4. The normalized spacial score (nSPS) is 16.0. The Hall–Kier alpha value is -2.96. The van der Waals surface area contributed by atoms with Crippen molar-refractivity contribution in [3.63, 3.8) is 0 Å². The highest BCUT2D eigenvalue weighted by atomic mass is 16.5. The van der Waals surface area contributed by atoms with Crippen LogP contribution in [0.25, 0.3) is 0 Å². The Balaban J connectivity index is 2.24. The van der Waals surface area contributed by atoms with Crippen LogP contribution in [0.5, 0.6) is 23.0 Å². The lowest BCUT2D eigenvalue weighted by atomic mass is 9.86. The fraction of sp³-hybridized carbons (Fsp3) is 0.333. The summed E-state index contributed by atoms with van der Waals surface area (Å²) in [5, 5.41) is 0. The van der Waals surface area contributed by atoms with Gasteiger partial charge in [0.25, 0.3) is 0 Å². The van der Waals surface area contributed by atoms with E-state index in [1.807, 2.05) is 0 Å². The van der Waals surface area contributed by atoms with Gasteiger partial charge in [-0.1, -0.05) is 0 Å². The van der Waals surface area contributed by atoms with Crippen molar-refractivity contribution < 1.29 is 28.2 Å². The van der Waals surface area contributed by atoms with Crippen molar-refractivity contribution in [1.29, 1.82) is 0 Å². The highest BCUT2D eigenvalue weighted by Gasteiger charge is 2.34. The molecule has 7 nitrogen and oxygen atoms in total. The second kappa shape index (κ2) is 6.51. The second-order valence-corrected chi connectivity index (χ2v) is 5.60. The molecule has 0 fully saturated rings. The van der Waals surface area contributed by atoms with Gasteiger partial charge < -0.3 is 23.4 Å². The number of aryl methyl sites for hydroxylation is 1. The first kappa shape index (κ1) is 16.9. The van der Waals surface area contributed by atoms with Gasteiger partial charge in [-0.3, -0.25) is 4.79 Å². The zero-order valence-corrected chi connectivity index (χ0v) is 14.4. The molecule has 1 atom stereocenters. The molecule has 1 aromatic heterocycles. The molecule has 0 amide bonds. The average Bonchev–Trinajstić information content (AvgIpc) is 2.58. The van der Waals surface area contributed by atoms with Crippen LogP contribution in [-0.2, 0) is 4.79 Å². The molecule has 0 aliphatic carbocycles. The third-order valence-electron chi connectivity index (χ3n) is 4.13. The fourth-order valence-electron chi connectivity index (χ4n) is 3.02. The van der Waals surface area contributed by atoms with E-state index < -0.39 is 17.5 Å². The van der Waals surface area contributed by atoms with Crippen LogP contribution in [0.1, 0.15) is 29.2 Å². The molecule has 0 saturated heterocycles. The smallest absolute Gasteiger partial charge is 0.343 e. The number of carbonyl (C=O) groups excluding carboxylic acids is 1. The molecule has 0 saturated carbocycles. The lowest BCUT2D eigenvalue weighted by Crippen LogP contribution is -2.27. The zero-order chi connectivity index (χ0) is 18.1. The van der Waals surface area contributed by atoms with Crippen molar-refractivity contribution in [1.82, 2.24) is 0 Å². The summed E-state index contributed by atoms with van der Waals surface area (Å²) in [5.41, 5.74) is 0.370. The third kappa shape index (κ3) is 2.93. The van der Waals surface area contributed by atoms with Crippen LogP contribution in [0, 0.1) is 6.92 Å². The molecule has 2 heterocycles. The van der Waals surface area contributed by atoms with Crippen LogP contribution in [0.2, 0.25) is 0 Å². The Bertz CT molecular complexity index is 882. The van der Waals surface area contributed by atoms with Gasteiger partial charge in [0.1, 0.15) is 17.3 Å². The number of ether oxygens (including phenoxy) is 4. The first-order chi connectivity index (χ1) is 12.0. The van der Waals surface area contributed by atoms with Crippen molar-refractivity contribution in [3.05, 3.63) is 45.5 Å². The number of methoxy groups -OCH3 is 3. The molecule has 3 rings (SSSR count). The van der Waals surface area contributed by atoms with Crippen LogP contribution >= 0.6 is 0 Å². The summed E-state index contributed by atoms with van der Waals surface area (Å²) < 4.78 is 26.5. The van der Waals surface area contributed by atoms with Gasteiger partial charge >= 0.3 is 11.6 Å². The lowest BCUT2D eigenvalue weighted by Gasteiger charge is -2.25. The molecule has 132 valence electrons. The van der Waals surface area contributed by atoms with Gasteiger partial charge in [0.05, 0.1) is 33.3 Å². The van der Waals surface area contributed by atoms with Crippen molar-refractivity contribution in [2.24, 2.45) is 0 Å². The van der Waals surface area contributed by atoms with Gasteiger partial charge in [0.15, 0.2) is 11.5 Å². The van der Waals surface area contributed by atoms with E-state index in [0.29, 0.717) is 28.6 Å². The average molecular weight is 346 g/mol. The predicted octanol–water partition coefficient (Wildman–Crippen LogP) is 2.42. The molecule has 0 bridgehead atoms. The van der Waals surface area contributed by atoms with E-state index >= 15 is 0 Å². The van der Waals surface area contributed by atoms with Crippen LogP contribution in [0.4, 0.5) is 0 Å². The Morgan fingerprint density at radius 1 is 0.960 bits per heavy atom. The van der Waals surface area contributed by atoms with E-state index in [9.17, 15) is 9.59 Å². The van der Waals surface area contributed by atoms with Gasteiger partial charge in [0.2, 0.25) is 0 Å². The summed E-state index contributed by atoms with van der Waals surface area (Å²) >= 11 is 0. The largest absolute Gasteiger partial charge is 0.496 e. The monoisotopic (exact) mass is 346 g/mol. The van der Waals surface area contributed by atoms with Crippen LogP contribution in [-0.4, -0.2) is 27.3 Å². The van der Waals surface area contributed by atoms with Gasteiger partial charge in [0, 0.05) is 23.6 Å². The summed E-state index contributed by atoms with van der Waals surface area (Å²) in [6, 6.07) is 4.89. The second-order valence-electron chi connectivity index (χ2n) is 5.60. The van der Waals surface area contributed by atoms with E-state index in [2.05, 4.69) is 0 Å². The summed E-state index contributed by atoms with van der Waals surface area (Å²) in [5.74, 6) is 1.02. The molecule has 1 aliphatic rings. The Morgan fingerprint density at radius 2 is 1.60 bits per heavy atom. The number of hydrogen-bond donors (Lipinski definition) is 0. The standard InChI is InChI=1S/C18H18O7/c1-9-5-15-17(18(20)24-9)11(7-16(19)25-15)10-6-13(22-3)14(23-4)8-12(10)21-2/h5-6,8,11H,7H2,1-4H3. The Morgan fingerprint density at radius 3 is 2.24 bits per heavy atom. The first-order valence-corrected chi connectivity index (χ1v) is 7.63. The van der Waals surface area contributed by atoms with Gasteiger partial charge in [-0.2, -0.15) is 0 Å². The van der Waals surface area contributed by atoms with Crippen LogP contribution in [0.3, 0.4) is 0 Å². The van der Waals surface area contributed by atoms with Crippen molar-refractivity contribution in [2.75, 3.05) is 21.3 Å². The molecular formula is C18H18O7. The molecule has 1 aromatic carbocycles. The van der Waals surface area contributed by atoms with E-state index in [1.165, 1.54) is 27.4 Å². The highest BCUT2D eigenvalue weighted by Crippen LogP contribution is 2.44. The number of carbonyl (C=O) groups is 1. The minimum Gasteiger partial charge on any atom is -0.496 e.